The van der Waals surface area contributed by atoms with E-state index < -0.39 is 23.7 Å². The highest BCUT2D eigenvalue weighted by Crippen LogP contribution is 2.39. The van der Waals surface area contributed by atoms with Crippen molar-refractivity contribution in [3.8, 4) is 0 Å². The van der Waals surface area contributed by atoms with Crippen LogP contribution < -0.4 is 0 Å². The quantitative estimate of drug-likeness (QED) is 0.841. The van der Waals surface area contributed by atoms with Gasteiger partial charge in [0.2, 0.25) is 0 Å². The SMILES string of the molecule is OC(c1ccc(F)cc1C(F)(F)F)C1CCOCC1. The molecule has 0 aromatic heterocycles. The molecule has 1 unspecified atom stereocenters. The second-order valence-electron chi connectivity index (χ2n) is 4.62. The van der Waals surface area contributed by atoms with Crippen LogP contribution in [0.15, 0.2) is 18.2 Å². The van der Waals surface area contributed by atoms with Crippen molar-refractivity contribution in [2.75, 3.05) is 13.2 Å². The maximum atomic E-state index is 13.0. The van der Waals surface area contributed by atoms with Crippen molar-refractivity contribution in [2.45, 2.75) is 25.1 Å². The van der Waals surface area contributed by atoms with E-state index in [4.69, 9.17) is 4.74 Å². The number of rotatable bonds is 2. The molecule has 1 N–H and O–H groups in total. The number of aliphatic hydroxyl groups is 1. The van der Waals surface area contributed by atoms with Gasteiger partial charge in [-0.25, -0.2) is 4.39 Å². The van der Waals surface area contributed by atoms with Gasteiger partial charge in [0.05, 0.1) is 11.7 Å². The third-order valence-electron chi connectivity index (χ3n) is 3.35. The molecular formula is C13H14F4O2. The Bertz CT molecular complexity index is 439. The van der Waals surface area contributed by atoms with Crippen molar-refractivity contribution >= 4 is 0 Å². The number of aliphatic hydroxyl groups excluding tert-OH is 1. The van der Waals surface area contributed by atoms with Crippen LogP contribution in [0.3, 0.4) is 0 Å². The Morgan fingerprint density at radius 1 is 1.21 bits per heavy atom. The van der Waals surface area contributed by atoms with Crippen LogP contribution in [-0.2, 0) is 10.9 Å². The highest BCUT2D eigenvalue weighted by molar-refractivity contribution is 5.32. The summed E-state index contributed by atoms with van der Waals surface area (Å²) in [6.45, 7) is 0.842. The molecule has 0 amide bonds. The van der Waals surface area contributed by atoms with Crippen molar-refractivity contribution in [2.24, 2.45) is 5.92 Å². The van der Waals surface area contributed by atoms with Crippen molar-refractivity contribution < 1.29 is 27.4 Å². The van der Waals surface area contributed by atoms with Crippen LogP contribution in [-0.4, -0.2) is 18.3 Å². The summed E-state index contributed by atoms with van der Waals surface area (Å²) >= 11 is 0. The molecule has 1 aliphatic heterocycles. The van der Waals surface area contributed by atoms with Crippen LogP contribution in [0, 0.1) is 11.7 Å². The molecular weight excluding hydrogens is 264 g/mol. The van der Waals surface area contributed by atoms with Crippen LogP contribution >= 0.6 is 0 Å². The molecule has 1 saturated heterocycles. The number of benzene rings is 1. The summed E-state index contributed by atoms with van der Waals surface area (Å²) in [5.74, 6) is -1.25. The number of ether oxygens (including phenoxy) is 1. The van der Waals surface area contributed by atoms with Gasteiger partial charge in [-0.1, -0.05) is 6.07 Å². The lowest BCUT2D eigenvalue weighted by Gasteiger charge is -2.28. The maximum absolute atomic E-state index is 13.0. The largest absolute Gasteiger partial charge is 0.416 e. The molecule has 0 radical (unpaired) electrons. The van der Waals surface area contributed by atoms with Crippen LogP contribution in [0.1, 0.15) is 30.1 Å². The fraction of sp³-hybridized carbons (Fsp3) is 0.538. The average molecular weight is 278 g/mol. The standard InChI is InChI=1S/C13H14F4O2/c14-9-1-2-10(11(7-9)13(15,16)17)12(18)8-3-5-19-6-4-8/h1-2,7-8,12,18H,3-6H2. The number of hydrogen-bond acceptors (Lipinski definition) is 2. The summed E-state index contributed by atoms with van der Waals surface area (Å²) in [6, 6.07) is 2.38. The Morgan fingerprint density at radius 2 is 1.84 bits per heavy atom. The van der Waals surface area contributed by atoms with Gasteiger partial charge in [0.25, 0.3) is 0 Å². The van der Waals surface area contributed by atoms with Gasteiger partial charge in [0, 0.05) is 13.2 Å². The van der Waals surface area contributed by atoms with E-state index in [1.807, 2.05) is 0 Å². The first-order valence-corrected chi connectivity index (χ1v) is 6.02. The maximum Gasteiger partial charge on any atom is 0.416 e. The van der Waals surface area contributed by atoms with E-state index in [1.54, 1.807) is 0 Å². The van der Waals surface area contributed by atoms with E-state index in [0.717, 1.165) is 12.1 Å². The topological polar surface area (TPSA) is 29.5 Å². The normalized spacial score (nSPS) is 19.4. The molecule has 2 nitrogen and oxygen atoms in total. The predicted octanol–water partition coefficient (Wildman–Crippen LogP) is 3.30. The minimum absolute atomic E-state index is 0.263. The van der Waals surface area contributed by atoms with Crippen molar-refractivity contribution in [3.63, 3.8) is 0 Å². The zero-order chi connectivity index (χ0) is 14.0. The highest BCUT2D eigenvalue weighted by Gasteiger charge is 2.37. The fourth-order valence-corrected chi connectivity index (χ4v) is 2.32. The molecule has 0 saturated carbocycles. The lowest BCUT2D eigenvalue weighted by atomic mass is 9.87. The molecule has 0 aliphatic carbocycles. The number of hydrogen-bond donors (Lipinski definition) is 1. The van der Waals surface area contributed by atoms with Gasteiger partial charge in [-0.3, -0.25) is 0 Å². The Morgan fingerprint density at radius 3 is 2.42 bits per heavy atom. The van der Waals surface area contributed by atoms with Crippen molar-refractivity contribution in [1.29, 1.82) is 0 Å². The molecule has 19 heavy (non-hydrogen) atoms. The van der Waals surface area contributed by atoms with Crippen LogP contribution in [0.2, 0.25) is 0 Å². The fourth-order valence-electron chi connectivity index (χ4n) is 2.32. The molecule has 1 aromatic carbocycles. The van der Waals surface area contributed by atoms with E-state index in [1.165, 1.54) is 0 Å². The minimum atomic E-state index is -4.68. The first-order valence-electron chi connectivity index (χ1n) is 6.02. The summed E-state index contributed by atoms with van der Waals surface area (Å²) in [7, 11) is 0. The molecule has 1 aromatic rings. The molecule has 1 atom stereocenters. The van der Waals surface area contributed by atoms with E-state index in [0.29, 0.717) is 32.1 Å². The highest BCUT2D eigenvalue weighted by atomic mass is 19.4. The second kappa shape index (κ2) is 5.46. The molecule has 0 bridgehead atoms. The van der Waals surface area contributed by atoms with E-state index in [2.05, 4.69) is 0 Å². The summed E-state index contributed by atoms with van der Waals surface area (Å²) in [6.07, 6.45) is -4.93. The smallest absolute Gasteiger partial charge is 0.388 e. The molecule has 2 rings (SSSR count). The van der Waals surface area contributed by atoms with Gasteiger partial charge in [0.15, 0.2) is 0 Å². The van der Waals surface area contributed by atoms with Crippen molar-refractivity contribution in [1.82, 2.24) is 0 Å². The molecule has 0 spiro atoms. The Balaban J connectivity index is 2.32. The first kappa shape index (κ1) is 14.3. The van der Waals surface area contributed by atoms with Crippen LogP contribution in [0.4, 0.5) is 17.6 Å². The first-order chi connectivity index (χ1) is 8.89. The third kappa shape index (κ3) is 3.25. The number of alkyl halides is 3. The van der Waals surface area contributed by atoms with E-state index >= 15 is 0 Å². The minimum Gasteiger partial charge on any atom is -0.388 e. The second-order valence-corrected chi connectivity index (χ2v) is 4.62. The molecule has 1 fully saturated rings. The Kier molecular flexibility index (Phi) is 4.10. The monoisotopic (exact) mass is 278 g/mol. The average Bonchev–Trinajstić information content (AvgIpc) is 2.38. The Hall–Kier alpha value is -1.14. The summed E-state index contributed by atoms with van der Waals surface area (Å²) in [5.41, 5.74) is -1.37. The van der Waals surface area contributed by atoms with Crippen LogP contribution in [0.25, 0.3) is 0 Å². The summed E-state index contributed by atoms with van der Waals surface area (Å²) in [5, 5.41) is 10.1. The summed E-state index contributed by atoms with van der Waals surface area (Å²) in [4.78, 5) is 0. The molecule has 1 aliphatic rings. The van der Waals surface area contributed by atoms with Gasteiger partial charge < -0.3 is 9.84 Å². The van der Waals surface area contributed by atoms with Gasteiger partial charge >= 0.3 is 6.18 Å². The molecule has 1 heterocycles. The molecule has 106 valence electrons. The van der Waals surface area contributed by atoms with Crippen LogP contribution in [0.5, 0.6) is 0 Å². The zero-order valence-electron chi connectivity index (χ0n) is 10.1. The lowest BCUT2D eigenvalue weighted by molar-refractivity contribution is -0.140. The lowest BCUT2D eigenvalue weighted by Crippen LogP contribution is -2.24. The zero-order valence-corrected chi connectivity index (χ0v) is 10.1. The van der Waals surface area contributed by atoms with Gasteiger partial charge in [-0.2, -0.15) is 13.2 Å². The third-order valence-corrected chi connectivity index (χ3v) is 3.35. The van der Waals surface area contributed by atoms with Gasteiger partial charge in [0.1, 0.15) is 5.82 Å². The van der Waals surface area contributed by atoms with E-state index in [9.17, 15) is 22.7 Å². The molecule has 6 heteroatoms. The summed E-state index contributed by atoms with van der Waals surface area (Å²) < 4.78 is 56.7. The van der Waals surface area contributed by atoms with Gasteiger partial charge in [-0.05, 0) is 36.5 Å². The van der Waals surface area contributed by atoms with E-state index in [-0.39, 0.29) is 11.5 Å². The van der Waals surface area contributed by atoms with Crippen molar-refractivity contribution in [3.05, 3.63) is 35.1 Å². The van der Waals surface area contributed by atoms with Gasteiger partial charge in [-0.15, -0.1) is 0 Å². The predicted molar refractivity (Wildman–Crippen MR) is 59.9 cm³/mol. The Labute approximate surface area is 108 Å². The number of halogens is 4.